The molecule has 4 heterocycles. The van der Waals surface area contributed by atoms with E-state index in [1.54, 1.807) is 0 Å². The standard InChI is InChI=1S/C25H19N2.C13H12N.Ir/c1-17-14-22(26-16-18(17)2)19-8-7-9-20(15-19)25-21-10-3-4-11-23(21)27-13-6-5-12-24(25)27;1-10-8-13(14-9-11(10)2)12-6-4-3-5-7-12;/h3-7,9-16H,1-2H3;3-6,8-9H,1-2H3;/q2*-1;. The van der Waals surface area contributed by atoms with Gasteiger partial charge in [-0.25, -0.2) is 0 Å². The Labute approximate surface area is 261 Å². The van der Waals surface area contributed by atoms with E-state index in [1.807, 2.05) is 42.7 Å². The molecule has 209 valence electrons. The van der Waals surface area contributed by atoms with E-state index < -0.39 is 0 Å². The zero-order valence-corrected chi connectivity index (χ0v) is 26.5. The Bertz CT molecular complexity index is 1940. The number of rotatable bonds is 3. The number of nitrogens with zero attached hydrogens (tertiary/aromatic N) is 3. The van der Waals surface area contributed by atoms with Crippen molar-refractivity contribution < 1.29 is 20.1 Å². The molecule has 1 radical (unpaired) electrons. The minimum atomic E-state index is 0. The molecule has 0 bridgehead atoms. The number of benzene rings is 3. The Morgan fingerprint density at radius 3 is 1.88 bits per heavy atom. The molecule has 3 nitrogen and oxygen atoms in total. The quantitative estimate of drug-likeness (QED) is 0.170. The molecule has 7 rings (SSSR count). The molecule has 0 spiro atoms. The molecule has 0 unspecified atom stereocenters. The van der Waals surface area contributed by atoms with Gasteiger partial charge in [-0.15, -0.1) is 65.7 Å². The molecule has 42 heavy (non-hydrogen) atoms. The largest absolute Gasteiger partial charge is 0.316 e. The van der Waals surface area contributed by atoms with Gasteiger partial charge in [0.1, 0.15) is 0 Å². The number of pyridine rings is 3. The topological polar surface area (TPSA) is 30.2 Å². The van der Waals surface area contributed by atoms with Crippen LogP contribution in [0.15, 0.2) is 116 Å². The molecule has 4 heteroatoms. The summed E-state index contributed by atoms with van der Waals surface area (Å²) in [4.78, 5) is 9.00. The normalized spacial score (nSPS) is 10.7. The Morgan fingerprint density at radius 2 is 1.19 bits per heavy atom. The Morgan fingerprint density at radius 1 is 0.571 bits per heavy atom. The molecule has 0 fully saturated rings. The van der Waals surface area contributed by atoms with Crippen molar-refractivity contribution in [2.24, 2.45) is 0 Å². The van der Waals surface area contributed by atoms with Crippen molar-refractivity contribution >= 4 is 16.4 Å². The van der Waals surface area contributed by atoms with E-state index in [2.05, 4.69) is 127 Å². The molecule has 0 aliphatic heterocycles. The van der Waals surface area contributed by atoms with Crippen molar-refractivity contribution in [1.82, 2.24) is 14.4 Å². The van der Waals surface area contributed by atoms with Crippen LogP contribution in [0.2, 0.25) is 0 Å². The molecule has 0 aliphatic carbocycles. The molecule has 0 N–H and O–H groups in total. The van der Waals surface area contributed by atoms with Crippen molar-refractivity contribution in [2.45, 2.75) is 27.7 Å². The van der Waals surface area contributed by atoms with Gasteiger partial charge in [-0.3, -0.25) is 0 Å². The van der Waals surface area contributed by atoms with Crippen LogP contribution in [-0.4, -0.2) is 14.4 Å². The van der Waals surface area contributed by atoms with E-state index in [0.717, 1.165) is 22.5 Å². The third kappa shape index (κ3) is 5.83. The van der Waals surface area contributed by atoms with Gasteiger partial charge in [-0.1, -0.05) is 53.1 Å². The minimum absolute atomic E-state index is 0. The van der Waals surface area contributed by atoms with E-state index in [9.17, 15) is 0 Å². The summed E-state index contributed by atoms with van der Waals surface area (Å²) in [6, 6.07) is 39.9. The van der Waals surface area contributed by atoms with Gasteiger partial charge in [0.05, 0.1) is 11.0 Å². The summed E-state index contributed by atoms with van der Waals surface area (Å²) in [6.45, 7) is 8.38. The van der Waals surface area contributed by atoms with Gasteiger partial charge in [0.25, 0.3) is 0 Å². The van der Waals surface area contributed by atoms with Gasteiger partial charge in [-0.05, 0) is 74.0 Å². The maximum Gasteiger partial charge on any atom is 0.0534 e. The summed E-state index contributed by atoms with van der Waals surface area (Å²) >= 11 is 0. The van der Waals surface area contributed by atoms with Crippen LogP contribution in [0.4, 0.5) is 0 Å². The monoisotopic (exact) mass is 722 g/mol. The first-order chi connectivity index (χ1) is 20.0. The number of fused-ring (bicyclic) bond motifs is 3. The average molecular weight is 722 g/mol. The summed E-state index contributed by atoms with van der Waals surface area (Å²) in [7, 11) is 0. The maximum absolute atomic E-state index is 4.62. The molecule has 7 aromatic rings. The fourth-order valence-electron chi connectivity index (χ4n) is 5.06. The fourth-order valence-corrected chi connectivity index (χ4v) is 5.06. The van der Waals surface area contributed by atoms with E-state index in [-0.39, 0.29) is 20.1 Å². The van der Waals surface area contributed by atoms with Crippen LogP contribution >= 0.6 is 0 Å². The van der Waals surface area contributed by atoms with Crippen molar-refractivity contribution in [3.8, 4) is 33.6 Å². The number of aryl methyl sites for hydroxylation is 4. The maximum atomic E-state index is 4.62. The summed E-state index contributed by atoms with van der Waals surface area (Å²) in [5.74, 6) is 0. The van der Waals surface area contributed by atoms with Crippen LogP contribution in [0, 0.1) is 39.8 Å². The number of hydrogen-bond acceptors (Lipinski definition) is 2. The van der Waals surface area contributed by atoms with E-state index in [4.69, 9.17) is 0 Å². The van der Waals surface area contributed by atoms with Gasteiger partial charge in [0.2, 0.25) is 0 Å². The van der Waals surface area contributed by atoms with E-state index in [1.165, 1.54) is 49.8 Å². The van der Waals surface area contributed by atoms with Crippen LogP contribution in [0.5, 0.6) is 0 Å². The zero-order valence-electron chi connectivity index (χ0n) is 24.1. The van der Waals surface area contributed by atoms with Gasteiger partial charge in [0, 0.05) is 44.1 Å². The molecule has 4 aromatic heterocycles. The van der Waals surface area contributed by atoms with Crippen LogP contribution in [0.25, 0.3) is 50.1 Å². The third-order valence-corrected chi connectivity index (χ3v) is 7.65. The van der Waals surface area contributed by atoms with Crippen LogP contribution in [0.1, 0.15) is 22.3 Å². The Balaban J connectivity index is 0.000000200. The summed E-state index contributed by atoms with van der Waals surface area (Å²) in [5, 5.41) is 1.26. The van der Waals surface area contributed by atoms with Gasteiger partial charge < -0.3 is 14.4 Å². The molecule has 0 saturated heterocycles. The summed E-state index contributed by atoms with van der Waals surface area (Å²) in [5.41, 5.74) is 13.9. The van der Waals surface area contributed by atoms with Gasteiger partial charge >= 0.3 is 0 Å². The van der Waals surface area contributed by atoms with Crippen molar-refractivity contribution in [2.75, 3.05) is 0 Å². The van der Waals surface area contributed by atoms with Crippen molar-refractivity contribution in [1.29, 1.82) is 0 Å². The van der Waals surface area contributed by atoms with Crippen LogP contribution in [0.3, 0.4) is 0 Å². The molecular weight excluding hydrogens is 691 g/mol. The van der Waals surface area contributed by atoms with E-state index in [0.29, 0.717) is 0 Å². The first-order valence-electron chi connectivity index (χ1n) is 13.8. The second-order valence-electron chi connectivity index (χ2n) is 10.4. The van der Waals surface area contributed by atoms with Gasteiger partial charge in [-0.2, -0.15) is 0 Å². The second kappa shape index (κ2) is 12.6. The van der Waals surface area contributed by atoms with Crippen LogP contribution < -0.4 is 0 Å². The molecular formula is C38H31IrN3-2. The molecule has 0 saturated carbocycles. The Hall–Kier alpha value is -4.37. The zero-order chi connectivity index (χ0) is 28.3. The van der Waals surface area contributed by atoms with Gasteiger partial charge in [0.15, 0.2) is 0 Å². The summed E-state index contributed by atoms with van der Waals surface area (Å²) < 4.78 is 2.26. The number of hydrogen-bond donors (Lipinski definition) is 0. The summed E-state index contributed by atoms with van der Waals surface area (Å²) in [6.07, 6.45) is 5.97. The molecule has 3 aromatic carbocycles. The SMILES string of the molecule is Cc1cnc(-c2[c-]ccc(-c3c4ccccc4n4ccccc34)c2)cc1C.Cc1cnc(-c2[c-]cccc2)cc1C.[Ir]. The first-order valence-corrected chi connectivity index (χ1v) is 13.8. The second-order valence-corrected chi connectivity index (χ2v) is 10.4. The Kier molecular flexibility index (Phi) is 8.77. The first kappa shape index (κ1) is 29.1. The molecule has 0 amide bonds. The number of para-hydroxylation sites is 1. The fraction of sp³-hybridized carbons (Fsp3) is 0.105. The predicted molar refractivity (Wildman–Crippen MR) is 170 cm³/mol. The van der Waals surface area contributed by atoms with E-state index >= 15 is 0 Å². The average Bonchev–Trinajstić information content (AvgIpc) is 3.35. The number of aromatic nitrogens is 3. The smallest absolute Gasteiger partial charge is 0.0534 e. The third-order valence-electron chi connectivity index (χ3n) is 7.65. The molecule has 0 aliphatic rings. The van der Waals surface area contributed by atoms with Crippen molar-refractivity contribution in [3.05, 3.63) is 150 Å². The van der Waals surface area contributed by atoms with Crippen molar-refractivity contribution in [3.63, 3.8) is 0 Å². The predicted octanol–water partition coefficient (Wildman–Crippen LogP) is 9.40. The minimum Gasteiger partial charge on any atom is -0.316 e. The molecule has 0 atom stereocenters. The van der Waals surface area contributed by atoms with Crippen LogP contribution in [-0.2, 0) is 20.1 Å².